The minimum absolute atomic E-state index is 0.130. The molecule has 2 amide bonds. The summed E-state index contributed by atoms with van der Waals surface area (Å²) >= 11 is 1.66. The Morgan fingerprint density at radius 3 is 2.78 bits per heavy atom. The normalized spacial score (nSPS) is 10.1. The molecule has 0 unspecified atom stereocenters. The molecule has 1 aromatic rings. The molecule has 1 rings (SSSR count). The molecule has 1 heterocycles. The highest BCUT2D eigenvalue weighted by atomic mass is 32.2. The topological polar surface area (TPSA) is 82.8 Å². The van der Waals surface area contributed by atoms with Crippen molar-refractivity contribution < 1.29 is 19.1 Å². The number of carboxylic acid groups (broad SMARTS) is 1. The van der Waals surface area contributed by atoms with Gasteiger partial charge in [-0.1, -0.05) is 0 Å². The van der Waals surface area contributed by atoms with Gasteiger partial charge >= 0.3 is 12.0 Å². The molecule has 0 fully saturated rings. The fourth-order valence-corrected chi connectivity index (χ4v) is 1.67. The van der Waals surface area contributed by atoms with Crippen LogP contribution in [0.3, 0.4) is 0 Å². The average Bonchev–Trinajstić information content (AvgIpc) is 2.81. The zero-order chi connectivity index (χ0) is 13.5. The molecule has 6 nitrogen and oxygen atoms in total. The number of amides is 2. The lowest BCUT2D eigenvalue weighted by Gasteiger charge is -2.16. The number of urea groups is 1. The van der Waals surface area contributed by atoms with Crippen molar-refractivity contribution in [2.45, 2.75) is 6.54 Å². The highest BCUT2D eigenvalue weighted by Crippen LogP contribution is 2.07. The summed E-state index contributed by atoms with van der Waals surface area (Å²) in [6.07, 6.45) is 1.97. The molecule has 0 aromatic carbocycles. The fourth-order valence-electron chi connectivity index (χ4n) is 1.22. The summed E-state index contributed by atoms with van der Waals surface area (Å²) in [5, 5.41) is 11.3. The maximum absolute atomic E-state index is 11.6. The van der Waals surface area contributed by atoms with E-state index in [4.69, 9.17) is 9.52 Å². The Morgan fingerprint density at radius 2 is 2.22 bits per heavy atom. The van der Waals surface area contributed by atoms with Crippen molar-refractivity contribution in [3.05, 3.63) is 23.7 Å². The molecule has 0 aliphatic carbocycles. The van der Waals surface area contributed by atoms with Crippen molar-refractivity contribution in [3.8, 4) is 0 Å². The number of aromatic carboxylic acids is 1. The molecule has 0 aliphatic heterocycles. The smallest absolute Gasteiger partial charge is 0.371 e. The van der Waals surface area contributed by atoms with Crippen molar-refractivity contribution in [1.29, 1.82) is 0 Å². The number of nitrogens with one attached hydrogen (secondary N) is 1. The van der Waals surface area contributed by atoms with Crippen LogP contribution in [0, 0.1) is 0 Å². The van der Waals surface area contributed by atoms with Gasteiger partial charge < -0.3 is 19.7 Å². The van der Waals surface area contributed by atoms with Crippen LogP contribution in [0.15, 0.2) is 16.5 Å². The summed E-state index contributed by atoms with van der Waals surface area (Å²) in [6.45, 7) is 0.835. The molecule has 0 spiro atoms. The predicted octanol–water partition coefficient (Wildman–Crippen LogP) is 1.48. The maximum atomic E-state index is 11.6. The minimum Gasteiger partial charge on any atom is -0.475 e. The van der Waals surface area contributed by atoms with Gasteiger partial charge in [0.25, 0.3) is 0 Å². The number of nitrogens with zero attached hydrogens (tertiary/aromatic N) is 1. The van der Waals surface area contributed by atoms with Crippen LogP contribution < -0.4 is 5.32 Å². The van der Waals surface area contributed by atoms with E-state index in [0.29, 0.717) is 12.3 Å². The maximum Gasteiger partial charge on any atom is 0.371 e. The van der Waals surface area contributed by atoms with E-state index in [2.05, 4.69) is 5.32 Å². The van der Waals surface area contributed by atoms with Crippen LogP contribution in [0.2, 0.25) is 0 Å². The van der Waals surface area contributed by atoms with E-state index < -0.39 is 5.97 Å². The number of hydrogen-bond donors (Lipinski definition) is 2. The summed E-state index contributed by atoms with van der Waals surface area (Å²) in [5.74, 6) is 0.0343. The summed E-state index contributed by atoms with van der Waals surface area (Å²) in [4.78, 5) is 23.8. The van der Waals surface area contributed by atoms with E-state index in [1.165, 1.54) is 12.1 Å². The van der Waals surface area contributed by atoms with E-state index in [1.807, 2.05) is 6.26 Å². The Morgan fingerprint density at radius 1 is 1.50 bits per heavy atom. The molecule has 0 bridgehead atoms. The van der Waals surface area contributed by atoms with Crippen molar-refractivity contribution in [2.75, 3.05) is 25.6 Å². The van der Waals surface area contributed by atoms with Gasteiger partial charge in [-0.05, 0) is 18.4 Å². The van der Waals surface area contributed by atoms with E-state index in [1.54, 1.807) is 23.7 Å². The molecule has 18 heavy (non-hydrogen) atoms. The molecule has 0 atom stereocenters. The van der Waals surface area contributed by atoms with E-state index in [0.717, 1.165) is 5.75 Å². The number of rotatable bonds is 6. The largest absolute Gasteiger partial charge is 0.475 e. The molecular weight excluding hydrogens is 256 g/mol. The lowest BCUT2D eigenvalue weighted by Crippen LogP contribution is -2.37. The van der Waals surface area contributed by atoms with Crippen LogP contribution in [-0.4, -0.2) is 47.6 Å². The summed E-state index contributed by atoms with van der Waals surface area (Å²) in [5.41, 5.74) is 0. The van der Waals surface area contributed by atoms with Crippen LogP contribution in [-0.2, 0) is 6.54 Å². The predicted molar refractivity (Wildman–Crippen MR) is 68.9 cm³/mol. The number of thioether (sulfide) groups is 1. The van der Waals surface area contributed by atoms with Gasteiger partial charge in [-0.25, -0.2) is 9.59 Å². The molecule has 0 saturated carbocycles. The summed E-state index contributed by atoms with van der Waals surface area (Å²) < 4.78 is 5.02. The van der Waals surface area contributed by atoms with Crippen LogP contribution in [0.1, 0.15) is 16.3 Å². The molecule has 1 aromatic heterocycles. The molecule has 7 heteroatoms. The Kier molecular flexibility index (Phi) is 5.57. The van der Waals surface area contributed by atoms with Gasteiger partial charge in [0.2, 0.25) is 5.76 Å². The van der Waals surface area contributed by atoms with Gasteiger partial charge in [-0.15, -0.1) is 0 Å². The van der Waals surface area contributed by atoms with Crippen LogP contribution >= 0.6 is 11.8 Å². The average molecular weight is 272 g/mol. The highest BCUT2D eigenvalue weighted by molar-refractivity contribution is 7.98. The zero-order valence-electron chi connectivity index (χ0n) is 10.3. The van der Waals surface area contributed by atoms with Gasteiger partial charge in [0.05, 0.1) is 6.54 Å². The van der Waals surface area contributed by atoms with Gasteiger partial charge in [-0.3, -0.25) is 0 Å². The number of carboxylic acids is 1. The third kappa shape index (κ3) is 4.33. The second-order valence-corrected chi connectivity index (χ2v) is 4.63. The molecule has 0 radical (unpaired) electrons. The monoisotopic (exact) mass is 272 g/mol. The molecule has 0 aliphatic rings. The van der Waals surface area contributed by atoms with Crippen molar-refractivity contribution in [1.82, 2.24) is 10.2 Å². The lowest BCUT2D eigenvalue weighted by molar-refractivity contribution is 0.0660. The minimum atomic E-state index is -1.12. The van der Waals surface area contributed by atoms with Gasteiger partial charge in [-0.2, -0.15) is 11.8 Å². The van der Waals surface area contributed by atoms with E-state index in [9.17, 15) is 9.59 Å². The van der Waals surface area contributed by atoms with Crippen molar-refractivity contribution >= 4 is 23.8 Å². The number of carbonyl (C=O) groups is 2. The number of carbonyl (C=O) groups excluding carboxylic acids is 1. The second-order valence-electron chi connectivity index (χ2n) is 3.64. The summed E-state index contributed by atoms with van der Waals surface area (Å²) in [7, 11) is 1.70. The third-order valence-electron chi connectivity index (χ3n) is 2.26. The Hall–Kier alpha value is -1.63. The first-order chi connectivity index (χ1) is 8.54. The molecule has 2 N–H and O–H groups in total. The van der Waals surface area contributed by atoms with Crippen LogP contribution in [0.5, 0.6) is 0 Å². The van der Waals surface area contributed by atoms with Gasteiger partial charge in [0.1, 0.15) is 5.76 Å². The van der Waals surface area contributed by atoms with E-state index in [-0.39, 0.29) is 18.3 Å². The first-order valence-electron chi connectivity index (χ1n) is 5.34. The summed E-state index contributed by atoms with van der Waals surface area (Å²) in [6, 6.07) is 2.68. The molecule has 0 saturated heterocycles. The zero-order valence-corrected chi connectivity index (χ0v) is 11.1. The standard InChI is InChI=1S/C11H16N2O4S/c1-13(5-6-18-2)11(16)12-7-8-3-4-9(17-8)10(14)15/h3-4H,5-7H2,1-2H3,(H,12,16)(H,14,15). The van der Waals surface area contributed by atoms with Gasteiger partial charge in [0.15, 0.2) is 0 Å². The van der Waals surface area contributed by atoms with Crippen LogP contribution in [0.25, 0.3) is 0 Å². The van der Waals surface area contributed by atoms with Crippen molar-refractivity contribution in [3.63, 3.8) is 0 Å². The highest BCUT2D eigenvalue weighted by Gasteiger charge is 2.11. The second kappa shape index (κ2) is 6.95. The van der Waals surface area contributed by atoms with Crippen LogP contribution in [0.4, 0.5) is 4.79 Å². The molecular formula is C11H16N2O4S. The fraction of sp³-hybridized carbons (Fsp3) is 0.455. The quantitative estimate of drug-likeness (QED) is 0.819. The Labute approximate surface area is 109 Å². The third-order valence-corrected chi connectivity index (χ3v) is 2.85. The number of hydrogen-bond acceptors (Lipinski definition) is 4. The van der Waals surface area contributed by atoms with Crippen molar-refractivity contribution in [2.24, 2.45) is 0 Å². The molecule has 100 valence electrons. The van der Waals surface area contributed by atoms with E-state index >= 15 is 0 Å². The number of furan rings is 1. The van der Waals surface area contributed by atoms with Gasteiger partial charge in [0, 0.05) is 19.3 Å². The Bertz CT molecular complexity index is 419. The SMILES string of the molecule is CSCCN(C)C(=O)NCc1ccc(C(=O)O)o1. The first kappa shape index (κ1) is 14.4. The first-order valence-corrected chi connectivity index (χ1v) is 6.74. The Balaban J connectivity index is 2.39. The lowest BCUT2D eigenvalue weighted by atomic mass is 10.4.